The molecule has 0 bridgehead atoms. The summed E-state index contributed by atoms with van der Waals surface area (Å²) in [5, 5.41) is 16.4. The summed E-state index contributed by atoms with van der Waals surface area (Å²) in [6.45, 7) is 4.33. The summed E-state index contributed by atoms with van der Waals surface area (Å²) in [5.41, 5.74) is 5.61. The molecule has 3 aromatic rings. The normalized spacial score (nSPS) is 12.8. The summed E-state index contributed by atoms with van der Waals surface area (Å²) < 4.78 is 5.30. The van der Waals surface area contributed by atoms with E-state index in [0.717, 1.165) is 39.3 Å². The standard InChI is InChI=1S/C19H19BN4O2/c1-12-8-16(9-14-11-26-20(25)17(12)14)23-19-21-10-13(2)18(24-19)22-15-6-4-3-5-7-15/h3-10,25H,11H2,1-2H3,(H2,21,22,23,24). The first-order valence-corrected chi connectivity index (χ1v) is 8.46. The van der Waals surface area contributed by atoms with E-state index in [1.807, 2.05) is 56.3 Å². The van der Waals surface area contributed by atoms with Crippen molar-refractivity contribution < 1.29 is 9.68 Å². The Morgan fingerprint density at radius 1 is 1.04 bits per heavy atom. The Hall–Kier alpha value is -2.90. The number of aromatic nitrogens is 2. The molecule has 0 atom stereocenters. The molecule has 0 amide bonds. The number of nitrogens with zero attached hydrogens (tertiary/aromatic N) is 2. The SMILES string of the molecule is Cc1cnc(Nc2cc(C)c3c(c2)COB3O)nc1Nc1ccccc1. The molecule has 2 heterocycles. The molecule has 1 aromatic heterocycles. The Labute approximate surface area is 152 Å². The largest absolute Gasteiger partial charge is 0.492 e. The molecule has 1 aliphatic heterocycles. The Morgan fingerprint density at radius 3 is 2.65 bits per heavy atom. The van der Waals surface area contributed by atoms with Gasteiger partial charge in [-0.3, -0.25) is 0 Å². The van der Waals surface area contributed by atoms with Crippen LogP contribution in [0.5, 0.6) is 0 Å². The Bertz CT molecular complexity index is 950. The van der Waals surface area contributed by atoms with Crippen molar-refractivity contribution in [3.8, 4) is 0 Å². The molecule has 0 radical (unpaired) electrons. The van der Waals surface area contributed by atoms with E-state index in [9.17, 15) is 5.02 Å². The van der Waals surface area contributed by atoms with Gasteiger partial charge < -0.3 is 20.3 Å². The van der Waals surface area contributed by atoms with Gasteiger partial charge in [-0.2, -0.15) is 4.98 Å². The number of para-hydroxylation sites is 1. The second kappa shape index (κ2) is 6.78. The number of hydrogen-bond acceptors (Lipinski definition) is 6. The van der Waals surface area contributed by atoms with Crippen molar-refractivity contribution in [2.24, 2.45) is 0 Å². The van der Waals surface area contributed by atoms with Gasteiger partial charge in [0.25, 0.3) is 0 Å². The lowest BCUT2D eigenvalue weighted by Crippen LogP contribution is -2.30. The van der Waals surface area contributed by atoms with Gasteiger partial charge in [-0.1, -0.05) is 18.2 Å². The molecule has 3 N–H and O–H groups in total. The second-order valence-corrected chi connectivity index (χ2v) is 6.37. The van der Waals surface area contributed by atoms with Crippen LogP contribution >= 0.6 is 0 Å². The molecule has 2 aromatic carbocycles. The fraction of sp³-hybridized carbons (Fsp3) is 0.158. The summed E-state index contributed by atoms with van der Waals surface area (Å²) in [6.07, 6.45) is 1.79. The molecule has 26 heavy (non-hydrogen) atoms. The van der Waals surface area contributed by atoms with E-state index in [-0.39, 0.29) is 0 Å². The minimum absolute atomic E-state index is 0.405. The van der Waals surface area contributed by atoms with Gasteiger partial charge in [-0.15, -0.1) is 0 Å². The maximum Gasteiger partial charge on any atom is 0.492 e. The zero-order valence-electron chi connectivity index (χ0n) is 14.7. The quantitative estimate of drug-likeness (QED) is 0.631. The summed E-state index contributed by atoms with van der Waals surface area (Å²) >= 11 is 0. The Kier molecular flexibility index (Phi) is 4.32. The first-order chi connectivity index (χ1) is 12.6. The van der Waals surface area contributed by atoms with E-state index < -0.39 is 7.12 Å². The highest BCUT2D eigenvalue weighted by atomic mass is 16.5. The molecule has 130 valence electrons. The molecule has 0 saturated heterocycles. The number of anilines is 4. The highest BCUT2D eigenvalue weighted by molar-refractivity contribution is 6.62. The van der Waals surface area contributed by atoms with E-state index in [1.165, 1.54) is 0 Å². The van der Waals surface area contributed by atoms with Crippen molar-refractivity contribution in [1.82, 2.24) is 9.97 Å². The molecule has 7 heteroatoms. The smallest absolute Gasteiger partial charge is 0.423 e. The third-order valence-electron chi connectivity index (χ3n) is 4.38. The lowest BCUT2D eigenvalue weighted by atomic mass is 9.76. The van der Waals surface area contributed by atoms with Crippen LogP contribution in [-0.2, 0) is 11.3 Å². The van der Waals surface area contributed by atoms with Crippen molar-refractivity contribution in [2.75, 3.05) is 10.6 Å². The van der Waals surface area contributed by atoms with Gasteiger partial charge in [0.2, 0.25) is 5.95 Å². The average molecular weight is 346 g/mol. The van der Waals surface area contributed by atoms with Crippen molar-refractivity contribution in [3.05, 3.63) is 65.4 Å². The monoisotopic (exact) mass is 346 g/mol. The van der Waals surface area contributed by atoms with Gasteiger partial charge >= 0.3 is 7.12 Å². The van der Waals surface area contributed by atoms with Crippen molar-refractivity contribution >= 4 is 35.7 Å². The molecule has 0 fully saturated rings. The Morgan fingerprint density at radius 2 is 1.85 bits per heavy atom. The van der Waals surface area contributed by atoms with E-state index in [4.69, 9.17) is 4.65 Å². The maximum atomic E-state index is 9.87. The van der Waals surface area contributed by atoms with Crippen LogP contribution in [0.15, 0.2) is 48.7 Å². The van der Waals surface area contributed by atoms with E-state index in [2.05, 4.69) is 20.6 Å². The average Bonchev–Trinajstić information content (AvgIpc) is 3.00. The van der Waals surface area contributed by atoms with Crippen molar-refractivity contribution in [3.63, 3.8) is 0 Å². The molecule has 0 aliphatic carbocycles. The fourth-order valence-corrected chi connectivity index (χ4v) is 3.08. The fourth-order valence-electron chi connectivity index (χ4n) is 3.08. The van der Waals surface area contributed by atoms with Crippen LogP contribution in [0.1, 0.15) is 16.7 Å². The predicted octanol–water partition coefficient (Wildman–Crippen LogP) is 2.80. The van der Waals surface area contributed by atoms with Gasteiger partial charge in [0.1, 0.15) is 5.82 Å². The second-order valence-electron chi connectivity index (χ2n) is 6.37. The third-order valence-corrected chi connectivity index (χ3v) is 4.38. The highest BCUT2D eigenvalue weighted by Gasteiger charge is 2.29. The first-order valence-electron chi connectivity index (χ1n) is 8.46. The molecule has 0 spiro atoms. The molecule has 4 rings (SSSR count). The topological polar surface area (TPSA) is 79.3 Å². The third kappa shape index (κ3) is 3.27. The maximum absolute atomic E-state index is 9.87. The van der Waals surface area contributed by atoms with Gasteiger partial charge in [0, 0.05) is 23.1 Å². The lowest BCUT2D eigenvalue weighted by Gasteiger charge is -2.12. The Balaban J connectivity index is 1.59. The zero-order chi connectivity index (χ0) is 18.1. The minimum atomic E-state index is -0.837. The molecular formula is C19H19BN4O2. The van der Waals surface area contributed by atoms with Crippen LogP contribution in [0.2, 0.25) is 0 Å². The van der Waals surface area contributed by atoms with E-state index in [0.29, 0.717) is 12.6 Å². The molecule has 0 saturated carbocycles. The van der Waals surface area contributed by atoms with E-state index in [1.54, 1.807) is 6.20 Å². The summed E-state index contributed by atoms with van der Waals surface area (Å²) in [6, 6.07) is 13.8. The lowest BCUT2D eigenvalue weighted by molar-refractivity contribution is 0.275. The van der Waals surface area contributed by atoms with Crippen molar-refractivity contribution in [1.29, 1.82) is 0 Å². The van der Waals surface area contributed by atoms with Gasteiger partial charge in [0.15, 0.2) is 0 Å². The van der Waals surface area contributed by atoms with Crippen molar-refractivity contribution in [2.45, 2.75) is 20.5 Å². The van der Waals surface area contributed by atoms with E-state index >= 15 is 0 Å². The van der Waals surface area contributed by atoms with Crippen LogP contribution in [0.4, 0.5) is 23.1 Å². The summed E-state index contributed by atoms with van der Waals surface area (Å²) in [4.78, 5) is 8.96. The number of rotatable bonds is 4. The summed E-state index contributed by atoms with van der Waals surface area (Å²) in [5.74, 6) is 1.26. The van der Waals surface area contributed by atoms with Gasteiger partial charge in [-0.25, -0.2) is 4.98 Å². The number of aryl methyl sites for hydroxylation is 2. The number of fused-ring (bicyclic) bond motifs is 1. The minimum Gasteiger partial charge on any atom is -0.423 e. The molecule has 0 unspecified atom stereocenters. The first kappa shape index (κ1) is 16.6. The molecular weight excluding hydrogens is 327 g/mol. The summed E-state index contributed by atoms with van der Waals surface area (Å²) in [7, 11) is -0.837. The molecule has 6 nitrogen and oxygen atoms in total. The zero-order valence-corrected chi connectivity index (χ0v) is 14.7. The van der Waals surface area contributed by atoms with Gasteiger partial charge in [-0.05, 0) is 54.7 Å². The number of hydrogen-bond donors (Lipinski definition) is 3. The highest BCUT2D eigenvalue weighted by Crippen LogP contribution is 2.23. The van der Waals surface area contributed by atoms with Crippen LogP contribution in [0.25, 0.3) is 0 Å². The van der Waals surface area contributed by atoms with Crippen LogP contribution in [-0.4, -0.2) is 22.1 Å². The number of nitrogens with one attached hydrogen (secondary N) is 2. The molecule has 1 aliphatic rings. The van der Waals surface area contributed by atoms with Crippen LogP contribution < -0.4 is 16.1 Å². The predicted molar refractivity (Wildman–Crippen MR) is 103 cm³/mol. The number of benzene rings is 2. The van der Waals surface area contributed by atoms with Gasteiger partial charge in [0.05, 0.1) is 6.61 Å². The van der Waals surface area contributed by atoms with Crippen LogP contribution in [0, 0.1) is 13.8 Å². The van der Waals surface area contributed by atoms with Crippen LogP contribution in [0.3, 0.4) is 0 Å².